The highest BCUT2D eigenvalue weighted by Crippen LogP contribution is 2.39. The van der Waals surface area contributed by atoms with E-state index in [4.69, 9.17) is 0 Å². The number of carbonyl (C=O) groups excluding carboxylic acids is 1. The molecule has 0 spiro atoms. The van der Waals surface area contributed by atoms with E-state index in [1.165, 1.54) is 29.5 Å². The SMILES string of the molecule is CCCCCCC(=O)N1Cc2ccccc2C(C)(c2cnn(C)c2)C1. The van der Waals surface area contributed by atoms with E-state index in [9.17, 15) is 4.79 Å². The van der Waals surface area contributed by atoms with Crippen molar-refractivity contribution in [3.63, 3.8) is 0 Å². The minimum absolute atomic E-state index is 0.206. The molecule has 0 fully saturated rings. The van der Waals surface area contributed by atoms with Crippen molar-refractivity contribution in [1.29, 1.82) is 0 Å². The lowest BCUT2D eigenvalue weighted by atomic mass is 9.73. The molecule has 2 aromatic rings. The predicted molar refractivity (Wildman–Crippen MR) is 100 cm³/mol. The molecule has 1 aromatic heterocycles. The van der Waals surface area contributed by atoms with Gasteiger partial charge in [0.15, 0.2) is 0 Å². The van der Waals surface area contributed by atoms with Crippen LogP contribution in [-0.4, -0.2) is 27.1 Å². The van der Waals surface area contributed by atoms with Crippen LogP contribution in [-0.2, 0) is 23.8 Å². The molecule has 1 aromatic carbocycles. The molecule has 1 aliphatic heterocycles. The third-order valence-electron chi connectivity index (χ3n) is 5.42. The van der Waals surface area contributed by atoms with Crippen LogP contribution in [0.5, 0.6) is 0 Å². The number of carbonyl (C=O) groups is 1. The van der Waals surface area contributed by atoms with E-state index in [0.29, 0.717) is 6.42 Å². The van der Waals surface area contributed by atoms with E-state index in [2.05, 4.69) is 49.4 Å². The van der Waals surface area contributed by atoms with Crippen LogP contribution in [0, 0.1) is 0 Å². The van der Waals surface area contributed by atoms with Crippen LogP contribution in [0.4, 0.5) is 0 Å². The zero-order chi connectivity index (χ0) is 17.9. The molecule has 0 bridgehead atoms. The first-order chi connectivity index (χ1) is 12.0. The van der Waals surface area contributed by atoms with Crippen molar-refractivity contribution in [3.05, 3.63) is 53.3 Å². The van der Waals surface area contributed by atoms with Crippen molar-refractivity contribution in [2.24, 2.45) is 7.05 Å². The first-order valence-electron chi connectivity index (χ1n) is 9.40. The molecule has 0 saturated carbocycles. The molecule has 4 nitrogen and oxygen atoms in total. The number of amides is 1. The number of aryl methyl sites for hydroxylation is 1. The first kappa shape index (κ1) is 17.7. The van der Waals surface area contributed by atoms with E-state index < -0.39 is 0 Å². The number of hydrogen-bond donors (Lipinski definition) is 0. The van der Waals surface area contributed by atoms with Gasteiger partial charge in [0.05, 0.1) is 6.20 Å². The number of benzene rings is 1. The summed E-state index contributed by atoms with van der Waals surface area (Å²) in [5.41, 5.74) is 3.54. The number of rotatable bonds is 6. The lowest BCUT2D eigenvalue weighted by molar-refractivity contribution is -0.133. The first-order valence-corrected chi connectivity index (χ1v) is 9.40. The number of unbranched alkanes of at least 4 members (excludes halogenated alkanes) is 3. The van der Waals surface area contributed by atoms with Crippen molar-refractivity contribution in [3.8, 4) is 0 Å². The van der Waals surface area contributed by atoms with Gasteiger partial charge in [-0.25, -0.2) is 0 Å². The number of hydrogen-bond acceptors (Lipinski definition) is 2. The number of nitrogens with zero attached hydrogens (tertiary/aromatic N) is 3. The normalized spacial score (nSPS) is 19.7. The quantitative estimate of drug-likeness (QED) is 0.745. The third-order valence-corrected chi connectivity index (χ3v) is 5.42. The molecule has 0 aliphatic carbocycles. The Hall–Kier alpha value is -2.10. The Morgan fingerprint density at radius 3 is 2.76 bits per heavy atom. The summed E-state index contributed by atoms with van der Waals surface area (Å²) in [6.45, 7) is 5.88. The van der Waals surface area contributed by atoms with Gasteiger partial charge in [0, 0.05) is 43.7 Å². The largest absolute Gasteiger partial charge is 0.337 e. The van der Waals surface area contributed by atoms with Gasteiger partial charge < -0.3 is 4.90 Å². The Morgan fingerprint density at radius 2 is 2.04 bits per heavy atom. The molecule has 0 N–H and O–H groups in total. The van der Waals surface area contributed by atoms with Gasteiger partial charge in [0.25, 0.3) is 0 Å². The van der Waals surface area contributed by atoms with Crippen LogP contribution < -0.4 is 0 Å². The second kappa shape index (κ2) is 7.42. The Morgan fingerprint density at radius 1 is 1.24 bits per heavy atom. The molecule has 3 rings (SSSR count). The Balaban J connectivity index is 1.85. The molecule has 1 unspecified atom stereocenters. The molecule has 4 heteroatoms. The van der Waals surface area contributed by atoms with Crippen LogP contribution >= 0.6 is 0 Å². The van der Waals surface area contributed by atoms with Gasteiger partial charge in [0.2, 0.25) is 5.91 Å². The van der Waals surface area contributed by atoms with Crippen LogP contribution in [0.25, 0.3) is 0 Å². The summed E-state index contributed by atoms with van der Waals surface area (Å²) in [5, 5.41) is 4.36. The zero-order valence-corrected chi connectivity index (χ0v) is 15.7. The Labute approximate surface area is 150 Å². The van der Waals surface area contributed by atoms with E-state index in [-0.39, 0.29) is 11.3 Å². The third kappa shape index (κ3) is 3.63. The van der Waals surface area contributed by atoms with Crippen molar-refractivity contribution in [1.82, 2.24) is 14.7 Å². The highest BCUT2D eigenvalue weighted by molar-refractivity contribution is 5.77. The fourth-order valence-electron chi connectivity index (χ4n) is 3.92. The molecular formula is C21H29N3O. The standard InChI is InChI=1S/C21H29N3O/c1-4-5-6-7-12-20(25)24-14-17-10-8-9-11-19(17)21(2,16-24)18-13-22-23(3)15-18/h8-11,13,15H,4-7,12,14,16H2,1-3H3. The molecular weight excluding hydrogens is 310 g/mol. The summed E-state index contributed by atoms with van der Waals surface area (Å²) in [5.74, 6) is 0.278. The minimum atomic E-state index is -0.206. The van der Waals surface area contributed by atoms with Gasteiger partial charge in [-0.3, -0.25) is 9.48 Å². The molecule has 1 atom stereocenters. The van der Waals surface area contributed by atoms with Crippen molar-refractivity contribution in [2.45, 2.75) is 57.9 Å². The van der Waals surface area contributed by atoms with Gasteiger partial charge in [0.1, 0.15) is 0 Å². The predicted octanol–water partition coefficient (Wildman–Crippen LogP) is 4.04. The van der Waals surface area contributed by atoms with Crippen LogP contribution in [0.3, 0.4) is 0 Å². The van der Waals surface area contributed by atoms with Gasteiger partial charge in [-0.1, -0.05) is 50.5 Å². The summed E-state index contributed by atoms with van der Waals surface area (Å²) >= 11 is 0. The average molecular weight is 339 g/mol. The lowest BCUT2D eigenvalue weighted by Gasteiger charge is -2.42. The maximum Gasteiger partial charge on any atom is 0.222 e. The van der Waals surface area contributed by atoms with Gasteiger partial charge in [-0.2, -0.15) is 5.10 Å². The van der Waals surface area contributed by atoms with Crippen LogP contribution in [0.1, 0.15) is 62.6 Å². The minimum Gasteiger partial charge on any atom is -0.337 e. The molecule has 1 aliphatic rings. The highest BCUT2D eigenvalue weighted by Gasteiger charge is 2.39. The second-order valence-electron chi connectivity index (χ2n) is 7.45. The van der Waals surface area contributed by atoms with E-state index >= 15 is 0 Å². The van der Waals surface area contributed by atoms with Crippen LogP contribution in [0.15, 0.2) is 36.7 Å². The summed E-state index contributed by atoms with van der Waals surface area (Å²) < 4.78 is 1.84. The van der Waals surface area contributed by atoms with Crippen molar-refractivity contribution in [2.75, 3.05) is 6.54 Å². The summed E-state index contributed by atoms with van der Waals surface area (Å²) in [6, 6.07) is 8.51. The zero-order valence-electron chi connectivity index (χ0n) is 15.7. The Bertz CT molecular complexity index is 736. The van der Waals surface area contributed by atoms with E-state index in [1.54, 1.807) is 0 Å². The molecule has 2 heterocycles. The van der Waals surface area contributed by atoms with E-state index in [0.717, 1.165) is 25.9 Å². The van der Waals surface area contributed by atoms with Crippen molar-refractivity contribution >= 4 is 5.91 Å². The monoisotopic (exact) mass is 339 g/mol. The highest BCUT2D eigenvalue weighted by atomic mass is 16.2. The lowest BCUT2D eigenvalue weighted by Crippen LogP contribution is -2.47. The van der Waals surface area contributed by atoms with Gasteiger partial charge in [-0.15, -0.1) is 0 Å². The molecule has 0 saturated heterocycles. The van der Waals surface area contributed by atoms with Crippen molar-refractivity contribution < 1.29 is 4.79 Å². The maximum absolute atomic E-state index is 12.8. The molecule has 0 radical (unpaired) electrons. The average Bonchev–Trinajstić information content (AvgIpc) is 3.06. The van der Waals surface area contributed by atoms with E-state index in [1.807, 2.05) is 22.8 Å². The fourth-order valence-corrected chi connectivity index (χ4v) is 3.92. The molecule has 1 amide bonds. The van der Waals surface area contributed by atoms with Gasteiger partial charge in [-0.05, 0) is 24.5 Å². The maximum atomic E-state index is 12.8. The molecule has 134 valence electrons. The topological polar surface area (TPSA) is 38.1 Å². The van der Waals surface area contributed by atoms with Crippen LogP contribution in [0.2, 0.25) is 0 Å². The number of fused-ring (bicyclic) bond motifs is 1. The fraction of sp³-hybridized carbons (Fsp3) is 0.524. The number of aromatic nitrogens is 2. The summed E-state index contributed by atoms with van der Waals surface area (Å²) in [7, 11) is 1.94. The summed E-state index contributed by atoms with van der Waals surface area (Å²) in [6.07, 6.45) is 9.22. The smallest absolute Gasteiger partial charge is 0.222 e. The second-order valence-corrected chi connectivity index (χ2v) is 7.45. The summed E-state index contributed by atoms with van der Waals surface area (Å²) in [4.78, 5) is 14.8. The molecule has 25 heavy (non-hydrogen) atoms. The van der Waals surface area contributed by atoms with Gasteiger partial charge >= 0.3 is 0 Å². The Kier molecular flexibility index (Phi) is 5.26.